The molecule has 2 amide bonds. The fourth-order valence-corrected chi connectivity index (χ4v) is 4.63. The van der Waals surface area contributed by atoms with Gasteiger partial charge in [0, 0.05) is 24.6 Å². The molecule has 0 radical (unpaired) electrons. The van der Waals surface area contributed by atoms with E-state index in [-0.39, 0.29) is 30.9 Å². The highest BCUT2D eigenvalue weighted by molar-refractivity contribution is 5.84. The third kappa shape index (κ3) is 5.47. The molecule has 0 aromatic heterocycles. The van der Waals surface area contributed by atoms with Crippen LogP contribution >= 0.6 is 0 Å². The Morgan fingerprint density at radius 3 is 2.12 bits per heavy atom. The molecule has 180 valence electrons. The summed E-state index contributed by atoms with van der Waals surface area (Å²) in [5, 5.41) is 14.3. The Kier molecular flexibility index (Phi) is 7.76. The van der Waals surface area contributed by atoms with E-state index in [1.807, 2.05) is 38.1 Å². The lowest BCUT2D eigenvalue weighted by atomic mass is 9.77. The first-order valence-corrected chi connectivity index (χ1v) is 11.4. The van der Waals surface area contributed by atoms with Crippen molar-refractivity contribution in [2.45, 2.75) is 39.7 Å². The molecule has 1 atom stereocenters. The van der Waals surface area contributed by atoms with Crippen LogP contribution in [0.25, 0.3) is 11.1 Å². The van der Waals surface area contributed by atoms with E-state index in [0.717, 1.165) is 28.3 Å². The molecular formula is C27H32N2O5. The van der Waals surface area contributed by atoms with Gasteiger partial charge in [0.2, 0.25) is 5.91 Å². The molecule has 34 heavy (non-hydrogen) atoms. The highest BCUT2D eigenvalue weighted by atomic mass is 16.5. The van der Waals surface area contributed by atoms with Crippen LogP contribution in [0, 0.1) is 11.3 Å². The van der Waals surface area contributed by atoms with Gasteiger partial charge in [-0.25, -0.2) is 9.59 Å². The van der Waals surface area contributed by atoms with Gasteiger partial charge in [0.05, 0.1) is 5.41 Å². The summed E-state index contributed by atoms with van der Waals surface area (Å²) in [5.74, 6) is -1.46. The summed E-state index contributed by atoms with van der Waals surface area (Å²) in [6, 6.07) is 15.8. The third-order valence-electron chi connectivity index (χ3n) is 6.29. The Bertz CT molecular complexity index is 1040. The number of alkyl carbamates (subject to hydrolysis) is 1. The SMILES string of the molecule is CC(C)C(NC(=O)OCC1c2ccccc2-c2ccccc21)C(C)(C)C(=O)NC/C=C/C(=O)O. The minimum absolute atomic E-state index is 0.0456. The predicted molar refractivity (Wildman–Crippen MR) is 130 cm³/mol. The van der Waals surface area contributed by atoms with E-state index in [0.29, 0.717) is 0 Å². The number of carboxylic acids is 1. The van der Waals surface area contributed by atoms with E-state index < -0.39 is 23.5 Å². The zero-order valence-corrected chi connectivity index (χ0v) is 20.0. The van der Waals surface area contributed by atoms with Crippen LogP contribution in [0.2, 0.25) is 0 Å². The van der Waals surface area contributed by atoms with Crippen LogP contribution in [0.1, 0.15) is 44.7 Å². The second-order valence-corrected chi connectivity index (χ2v) is 9.36. The van der Waals surface area contributed by atoms with Gasteiger partial charge in [-0.05, 0) is 42.0 Å². The topological polar surface area (TPSA) is 105 Å². The number of fused-ring (bicyclic) bond motifs is 3. The number of amides is 2. The van der Waals surface area contributed by atoms with Crippen LogP contribution in [0.5, 0.6) is 0 Å². The van der Waals surface area contributed by atoms with Gasteiger partial charge < -0.3 is 20.5 Å². The number of hydrogen-bond acceptors (Lipinski definition) is 4. The molecule has 0 fully saturated rings. The Hall–Kier alpha value is -3.61. The number of nitrogens with one attached hydrogen (secondary N) is 2. The second-order valence-electron chi connectivity index (χ2n) is 9.36. The first-order valence-electron chi connectivity index (χ1n) is 11.4. The first-order chi connectivity index (χ1) is 16.1. The molecule has 0 aliphatic heterocycles. The number of carbonyl (C=O) groups excluding carboxylic acids is 2. The molecule has 1 aliphatic rings. The van der Waals surface area contributed by atoms with E-state index in [2.05, 4.69) is 34.9 Å². The average Bonchev–Trinajstić information content (AvgIpc) is 3.12. The molecule has 0 saturated heterocycles. The highest BCUT2D eigenvalue weighted by Crippen LogP contribution is 2.44. The Morgan fingerprint density at radius 1 is 1.03 bits per heavy atom. The minimum Gasteiger partial charge on any atom is -0.478 e. The summed E-state index contributed by atoms with van der Waals surface area (Å²) in [6.45, 7) is 7.62. The van der Waals surface area contributed by atoms with Gasteiger partial charge in [-0.15, -0.1) is 0 Å². The number of rotatable bonds is 9. The van der Waals surface area contributed by atoms with E-state index in [9.17, 15) is 14.4 Å². The standard InChI is InChI=1S/C27H32N2O5/c1-17(2)24(27(3,4)25(32)28-15-9-14-23(30)31)29-26(33)34-16-22-20-12-7-5-10-18(20)19-11-6-8-13-21(19)22/h5-14,17,22,24H,15-16H2,1-4H3,(H,28,32)(H,29,33)(H,30,31)/b14-9+. The smallest absolute Gasteiger partial charge is 0.407 e. The molecule has 7 nitrogen and oxygen atoms in total. The molecule has 3 N–H and O–H groups in total. The maximum atomic E-state index is 12.8. The van der Waals surface area contributed by atoms with E-state index in [1.54, 1.807) is 13.8 Å². The summed E-state index contributed by atoms with van der Waals surface area (Å²) in [5.41, 5.74) is 3.62. The Morgan fingerprint density at radius 2 is 1.59 bits per heavy atom. The molecule has 0 spiro atoms. The molecule has 2 aromatic rings. The quantitative estimate of drug-likeness (QED) is 0.479. The van der Waals surface area contributed by atoms with Crippen molar-refractivity contribution in [2.24, 2.45) is 11.3 Å². The third-order valence-corrected chi connectivity index (χ3v) is 6.29. The number of aliphatic carboxylic acids is 1. The fourth-order valence-electron chi connectivity index (χ4n) is 4.63. The number of carbonyl (C=O) groups is 3. The van der Waals surface area contributed by atoms with Crippen LogP contribution < -0.4 is 10.6 Å². The van der Waals surface area contributed by atoms with Crippen LogP contribution in [-0.2, 0) is 14.3 Å². The molecule has 1 aliphatic carbocycles. The maximum Gasteiger partial charge on any atom is 0.407 e. The minimum atomic E-state index is -1.08. The number of ether oxygens (including phenoxy) is 1. The van der Waals surface area contributed by atoms with Gasteiger partial charge >= 0.3 is 12.1 Å². The highest BCUT2D eigenvalue weighted by Gasteiger charge is 2.40. The van der Waals surface area contributed by atoms with Gasteiger partial charge in [-0.3, -0.25) is 4.79 Å². The molecule has 7 heteroatoms. The zero-order chi connectivity index (χ0) is 24.9. The largest absolute Gasteiger partial charge is 0.478 e. The number of benzene rings is 2. The zero-order valence-electron chi connectivity index (χ0n) is 20.0. The molecule has 3 rings (SSSR count). The molecule has 0 bridgehead atoms. The first kappa shape index (κ1) is 25.0. The molecule has 0 saturated carbocycles. The van der Waals surface area contributed by atoms with Gasteiger partial charge in [0.1, 0.15) is 6.61 Å². The van der Waals surface area contributed by atoms with E-state index in [1.165, 1.54) is 6.08 Å². The van der Waals surface area contributed by atoms with Crippen molar-refractivity contribution < 1.29 is 24.2 Å². The fraction of sp³-hybridized carbons (Fsp3) is 0.370. The summed E-state index contributed by atoms with van der Waals surface area (Å²) in [7, 11) is 0. The lowest BCUT2D eigenvalue weighted by Crippen LogP contribution is -2.55. The van der Waals surface area contributed by atoms with Crippen LogP contribution in [0.4, 0.5) is 4.79 Å². The monoisotopic (exact) mass is 464 g/mol. The summed E-state index contributed by atoms with van der Waals surface area (Å²) >= 11 is 0. The van der Waals surface area contributed by atoms with E-state index in [4.69, 9.17) is 9.84 Å². The Labute approximate surface area is 200 Å². The molecular weight excluding hydrogens is 432 g/mol. The van der Waals surface area contributed by atoms with Crippen molar-refractivity contribution in [1.29, 1.82) is 0 Å². The van der Waals surface area contributed by atoms with Crippen molar-refractivity contribution in [3.63, 3.8) is 0 Å². The average molecular weight is 465 g/mol. The van der Waals surface area contributed by atoms with E-state index >= 15 is 0 Å². The lowest BCUT2D eigenvalue weighted by molar-refractivity contribution is -0.132. The Balaban J connectivity index is 1.65. The van der Waals surface area contributed by atoms with Crippen LogP contribution in [0.15, 0.2) is 60.7 Å². The van der Waals surface area contributed by atoms with Gasteiger partial charge in [0.25, 0.3) is 0 Å². The number of hydrogen-bond donors (Lipinski definition) is 3. The number of carboxylic acid groups (broad SMARTS) is 1. The molecule has 2 aromatic carbocycles. The predicted octanol–water partition coefficient (Wildman–Crippen LogP) is 4.33. The van der Waals surface area contributed by atoms with Gasteiger partial charge in [-0.2, -0.15) is 0 Å². The normalized spacial score (nSPS) is 13.9. The maximum absolute atomic E-state index is 12.8. The van der Waals surface area contributed by atoms with Gasteiger partial charge in [-0.1, -0.05) is 68.5 Å². The van der Waals surface area contributed by atoms with Crippen molar-refractivity contribution in [3.8, 4) is 11.1 Å². The van der Waals surface area contributed by atoms with Crippen molar-refractivity contribution in [1.82, 2.24) is 10.6 Å². The molecule has 0 heterocycles. The second kappa shape index (κ2) is 10.5. The van der Waals surface area contributed by atoms with Gasteiger partial charge in [0.15, 0.2) is 0 Å². The van der Waals surface area contributed by atoms with Crippen molar-refractivity contribution >= 4 is 18.0 Å². The molecule has 1 unspecified atom stereocenters. The van der Waals surface area contributed by atoms with Crippen molar-refractivity contribution in [3.05, 3.63) is 71.8 Å². The lowest BCUT2D eigenvalue weighted by Gasteiger charge is -2.36. The summed E-state index contributed by atoms with van der Waals surface area (Å²) < 4.78 is 5.66. The van der Waals surface area contributed by atoms with Crippen LogP contribution in [0.3, 0.4) is 0 Å². The van der Waals surface area contributed by atoms with Crippen molar-refractivity contribution in [2.75, 3.05) is 13.2 Å². The van der Waals surface area contributed by atoms with Crippen LogP contribution in [-0.4, -0.2) is 42.3 Å². The summed E-state index contributed by atoms with van der Waals surface area (Å²) in [4.78, 5) is 36.2. The summed E-state index contributed by atoms with van der Waals surface area (Å²) in [6.07, 6.45) is 1.76.